The molecule has 3 aromatic rings. The molecule has 0 aliphatic heterocycles. The molecule has 0 fully saturated rings. The summed E-state index contributed by atoms with van der Waals surface area (Å²) in [6.07, 6.45) is 0. The molecule has 0 heterocycles. The first-order chi connectivity index (χ1) is 14.4. The molecule has 30 heavy (non-hydrogen) atoms. The summed E-state index contributed by atoms with van der Waals surface area (Å²) in [6.45, 7) is 1.47. The Morgan fingerprint density at radius 2 is 1.50 bits per heavy atom. The van der Waals surface area contributed by atoms with Gasteiger partial charge in [-0.2, -0.15) is 0 Å². The lowest BCUT2D eigenvalue weighted by Gasteiger charge is -2.26. The monoisotopic (exact) mass is 424 g/mol. The fourth-order valence-electron chi connectivity index (χ4n) is 3.10. The molecule has 0 aromatic heterocycles. The minimum absolute atomic E-state index is 0.0970. The third kappa shape index (κ3) is 4.80. The number of hydrogen-bond donors (Lipinski definition) is 1. The van der Waals surface area contributed by atoms with Gasteiger partial charge in [0.15, 0.2) is 0 Å². The summed E-state index contributed by atoms with van der Waals surface area (Å²) in [5.74, 6) is -0.0577. The van der Waals surface area contributed by atoms with Crippen molar-refractivity contribution in [2.24, 2.45) is 0 Å². The van der Waals surface area contributed by atoms with Gasteiger partial charge in [0.2, 0.25) is 5.91 Å². The first kappa shape index (κ1) is 21.4. The number of ether oxygens (including phenoxy) is 1. The molecule has 0 radical (unpaired) electrons. The van der Waals surface area contributed by atoms with E-state index >= 15 is 0 Å². The lowest BCUT2D eigenvalue weighted by molar-refractivity contribution is -0.120. The molecule has 0 aliphatic carbocycles. The number of anilines is 1. The second-order valence-electron chi connectivity index (χ2n) is 6.70. The maximum Gasteiger partial charge on any atom is 0.264 e. The van der Waals surface area contributed by atoms with Crippen molar-refractivity contribution in [2.45, 2.75) is 17.9 Å². The van der Waals surface area contributed by atoms with Crippen molar-refractivity contribution in [3.63, 3.8) is 0 Å². The van der Waals surface area contributed by atoms with Crippen LogP contribution in [-0.2, 0) is 14.8 Å². The van der Waals surface area contributed by atoms with E-state index in [-0.39, 0.29) is 17.5 Å². The summed E-state index contributed by atoms with van der Waals surface area (Å²) in [6, 6.07) is 24.0. The maximum absolute atomic E-state index is 13.4. The van der Waals surface area contributed by atoms with Crippen molar-refractivity contribution in [3.8, 4) is 5.75 Å². The van der Waals surface area contributed by atoms with Crippen LogP contribution >= 0.6 is 0 Å². The highest BCUT2D eigenvalue weighted by molar-refractivity contribution is 7.92. The van der Waals surface area contributed by atoms with E-state index in [2.05, 4.69) is 5.32 Å². The highest BCUT2D eigenvalue weighted by atomic mass is 32.2. The molecule has 0 bridgehead atoms. The molecular formula is C23H24N2O4S. The van der Waals surface area contributed by atoms with Crippen LogP contribution in [0.2, 0.25) is 0 Å². The van der Waals surface area contributed by atoms with Gasteiger partial charge in [0, 0.05) is 0 Å². The molecule has 0 aliphatic rings. The van der Waals surface area contributed by atoms with Crippen molar-refractivity contribution in [1.82, 2.24) is 5.32 Å². The number of rotatable bonds is 8. The van der Waals surface area contributed by atoms with Crippen LogP contribution in [-0.4, -0.2) is 28.0 Å². The van der Waals surface area contributed by atoms with Gasteiger partial charge in [0.1, 0.15) is 12.3 Å². The van der Waals surface area contributed by atoms with Crippen LogP contribution in [0, 0.1) is 0 Å². The molecule has 7 heteroatoms. The normalized spacial score (nSPS) is 12.1. The number of nitrogens with zero attached hydrogens (tertiary/aromatic N) is 1. The van der Waals surface area contributed by atoms with Crippen LogP contribution in [0.25, 0.3) is 0 Å². The van der Waals surface area contributed by atoms with Crippen molar-refractivity contribution in [1.29, 1.82) is 0 Å². The van der Waals surface area contributed by atoms with E-state index in [1.807, 2.05) is 37.3 Å². The summed E-state index contributed by atoms with van der Waals surface area (Å²) in [4.78, 5) is 12.9. The molecule has 0 spiro atoms. The summed E-state index contributed by atoms with van der Waals surface area (Å²) >= 11 is 0. The lowest BCUT2D eigenvalue weighted by Crippen LogP contribution is -2.41. The Kier molecular flexibility index (Phi) is 6.74. The highest BCUT2D eigenvalue weighted by Gasteiger charge is 2.29. The molecule has 1 unspecified atom stereocenters. The fraction of sp³-hybridized carbons (Fsp3) is 0.174. The van der Waals surface area contributed by atoms with Crippen LogP contribution in [0.3, 0.4) is 0 Å². The summed E-state index contributed by atoms with van der Waals surface area (Å²) in [7, 11) is -2.53. The highest BCUT2D eigenvalue weighted by Crippen LogP contribution is 2.32. The Hall–Kier alpha value is -3.32. The second kappa shape index (κ2) is 9.45. The number of carbonyl (C=O) groups is 1. The van der Waals surface area contributed by atoms with E-state index in [0.717, 1.165) is 9.87 Å². The summed E-state index contributed by atoms with van der Waals surface area (Å²) < 4.78 is 33.2. The quantitative estimate of drug-likeness (QED) is 0.597. The standard InChI is InChI=1S/C23H24N2O4S/c1-18(19-11-5-3-6-12-19)24-23(26)17-25(21-15-9-10-16-22(21)29-2)30(27,28)20-13-7-4-8-14-20/h3-16,18H,17H2,1-2H3,(H,24,26). The molecule has 1 atom stereocenters. The van der Waals surface area contributed by atoms with Crippen LogP contribution < -0.4 is 14.4 Å². The van der Waals surface area contributed by atoms with Crippen molar-refractivity contribution >= 4 is 21.6 Å². The van der Waals surface area contributed by atoms with Crippen LogP contribution in [0.4, 0.5) is 5.69 Å². The second-order valence-corrected chi connectivity index (χ2v) is 8.56. The lowest BCUT2D eigenvalue weighted by atomic mass is 10.1. The first-order valence-electron chi connectivity index (χ1n) is 9.48. The zero-order valence-electron chi connectivity index (χ0n) is 16.9. The van der Waals surface area contributed by atoms with Gasteiger partial charge in [-0.05, 0) is 36.8 Å². The summed E-state index contributed by atoms with van der Waals surface area (Å²) in [5, 5.41) is 2.87. The number of para-hydroxylation sites is 2. The van der Waals surface area contributed by atoms with Gasteiger partial charge in [-0.25, -0.2) is 8.42 Å². The van der Waals surface area contributed by atoms with Crippen LogP contribution in [0.1, 0.15) is 18.5 Å². The van der Waals surface area contributed by atoms with Crippen molar-refractivity contribution in [2.75, 3.05) is 18.0 Å². The minimum atomic E-state index is -3.99. The van der Waals surface area contributed by atoms with Gasteiger partial charge in [0.25, 0.3) is 10.0 Å². The van der Waals surface area contributed by atoms with E-state index in [9.17, 15) is 13.2 Å². The predicted molar refractivity (Wildman–Crippen MR) is 117 cm³/mol. The molecule has 156 valence electrons. The number of carbonyl (C=O) groups excluding carboxylic acids is 1. The Bertz CT molecular complexity index is 1090. The van der Waals surface area contributed by atoms with Crippen LogP contribution in [0.5, 0.6) is 5.75 Å². The number of hydrogen-bond acceptors (Lipinski definition) is 4. The zero-order chi connectivity index (χ0) is 21.6. The number of amides is 1. The zero-order valence-corrected chi connectivity index (χ0v) is 17.7. The summed E-state index contributed by atoms with van der Waals surface area (Å²) in [5.41, 5.74) is 1.23. The van der Waals surface area contributed by atoms with Gasteiger partial charge >= 0.3 is 0 Å². The number of sulfonamides is 1. The molecule has 1 amide bonds. The number of benzene rings is 3. The third-order valence-electron chi connectivity index (χ3n) is 4.65. The largest absolute Gasteiger partial charge is 0.495 e. The Morgan fingerprint density at radius 3 is 2.13 bits per heavy atom. The SMILES string of the molecule is COc1ccccc1N(CC(=O)NC(C)c1ccccc1)S(=O)(=O)c1ccccc1. The molecule has 6 nitrogen and oxygen atoms in total. The average molecular weight is 425 g/mol. The van der Waals surface area contributed by atoms with Gasteiger partial charge in [-0.3, -0.25) is 9.10 Å². The topological polar surface area (TPSA) is 75.7 Å². The van der Waals surface area contributed by atoms with Gasteiger partial charge in [0.05, 0.1) is 23.7 Å². The van der Waals surface area contributed by atoms with Crippen molar-refractivity contribution < 1.29 is 17.9 Å². The molecular weight excluding hydrogens is 400 g/mol. The van der Waals surface area contributed by atoms with Gasteiger partial charge < -0.3 is 10.1 Å². The molecule has 0 saturated carbocycles. The molecule has 0 saturated heterocycles. The maximum atomic E-state index is 13.4. The van der Waals surface area contributed by atoms with Gasteiger partial charge in [-0.1, -0.05) is 60.7 Å². The van der Waals surface area contributed by atoms with E-state index < -0.39 is 15.9 Å². The average Bonchev–Trinajstić information content (AvgIpc) is 2.78. The number of nitrogens with one attached hydrogen (secondary N) is 1. The van der Waals surface area contributed by atoms with Crippen LogP contribution in [0.15, 0.2) is 89.8 Å². The van der Waals surface area contributed by atoms with E-state index in [4.69, 9.17) is 4.74 Å². The van der Waals surface area contributed by atoms with E-state index in [1.165, 1.54) is 19.2 Å². The van der Waals surface area contributed by atoms with Gasteiger partial charge in [-0.15, -0.1) is 0 Å². The predicted octanol–water partition coefficient (Wildman–Crippen LogP) is 3.77. The van der Waals surface area contributed by atoms with E-state index in [0.29, 0.717) is 11.4 Å². The number of methoxy groups -OCH3 is 1. The Balaban J connectivity index is 1.93. The Labute approximate surface area is 177 Å². The van der Waals surface area contributed by atoms with Crippen molar-refractivity contribution in [3.05, 3.63) is 90.5 Å². The first-order valence-corrected chi connectivity index (χ1v) is 10.9. The smallest absolute Gasteiger partial charge is 0.264 e. The molecule has 3 aromatic carbocycles. The molecule has 1 N–H and O–H groups in total. The Morgan fingerprint density at radius 1 is 0.933 bits per heavy atom. The fourth-order valence-corrected chi connectivity index (χ4v) is 4.55. The minimum Gasteiger partial charge on any atom is -0.495 e. The molecule has 3 rings (SSSR count). The van der Waals surface area contributed by atoms with E-state index in [1.54, 1.807) is 42.5 Å². The third-order valence-corrected chi connectivity index (χ3v) is 6.42.